The van der Waals surface area contributed by atoms with Crippen molar-refractivity contribution in [2.24, 2.45) is 5.73 Å². The summed E-state index contributed by atoms with van der Waals surface area (Å²) in [6.07, 6.45) is 5.64. The van der Waals surface area contributed by atoms with Gasteiger partial charge in [0, 0.05) is 18.4 Å². The van der Waals surface area contributed by atoms with Crippen molar-refractivity contribution in [1.82, 2.24) is 4.98 Å². The maximum absolute atomic E-state index is 8.62. The number of nitrogens with zero attached hydrogens (tertiary/aromatic N) is 2. The van der Waals surface area contributed by atoms with Gasteiger partial charge in [-0.05, 0) is 18.1 Å². The lowest BCUT2D eigenvalue weighted by atomic mass is 10.1. The van der Waals surface area contributed by atoms with Gasteiger partial charge in [-0.15, -0.1) is 6.58 Å². The Balaban J connectivity index is 2.89. The van der Waals surface area contributed by atoms with Crippen LogP contribution < -0.4 is 5.73 Å². The highest BCUT2D eigenvalue weighted by Crippen LogP contribution is 2.13. The van der Waals surface area contributed by atoms with E-state index in [1.807, 2.05) is 6.07 Å². The Morgan fingerprint density at radius 2 is 2.46 bits per heavy atom. The summed E-state index contributed by atoms with van der Waals surface area (Å²) >= 11 is 0. The average molecular weight is 173 g/mol. The van der Waals surface area contributed by atoms with E-state index >= 15 is 0 Å². The van der Waals surface area contributed by atoms with Gasteiger partial charge in [0.15, 0.2) is 0 Å². The van der Waals surface area contributed by atoms with E-state index in [1.165, 1.54) is 6.20 Å². The van der Waals surface area contributed by atoms with Crippen molar-refractivity contribution in [3.05, 3.63) is 42.2 Å². The molecule has 0 aliphatic carbocycles. The zero-order valence-corrected chi connectivity index (χ0v) is 7.27. The summed E-state index contributed by atoms with van der Waals surface area (Å²) < 4.78 is 0. The molecule has 2 N–H and O–H groups in total. The van der Waals surface area contributed by atoms with Crippen LogP contribution in [0.4, 0.5) is 0 Å². The third kappa shape index (κ3) is 2.39. The molecule has 1 rings (SSSR count). The molecule has 1 aromatic rings. The third-order valence-corrected chi connectivity index (χ3v) is 1.74. The maximum Gasteiger partial charge on any atom is 0.101 e. The lowest BCUT2D eigenvalue weighted by Crippen LogP contribution is -2.09. The molecule has 66 valence electrons. The highest BCUT2D eigenvalue weighted by Gasteiger charge is 2.04. The molecule has 1 aromatic heterocycles. The summed E-state index contributed by atoms with van der Waals surface area (Å²) in [5, 5.41) is 8.62. The molecule has 0 unspecified atom stereocenters. The predicted molar refractivity (Wildman–Crippen MR) is 50.7 cm³/mol. The highest BCUT2D eigenvalue weighted by atomic mass is 14.7. The highest BCUT2D eigenvalue weighted by molar-refractivity contribution is 5.30. The van der Waals surface area contributed by atoms with E-state index in [0.29, 0.717) is 12.0 Å². The summed E-state index contributed by atoms with van der Waals surface area (Å²) in [7, 11) is 0. The van der Waals surface area contributed by atoms with Gasteiger partial charge in [-0.25, -0.2) is 0 Å². The van der Waals surface area contributed by atoms with Gasteiger partial charge in [0.05, 0.1) is 5.56 Å². The molecule has 0 aromatic carbocycles. The second kappa shape index (κ2) is 4.39. The Bertz CT molecular complexity index is 338. The van der Waals surface area contributed by atoms with E-state index in [2.05, 4.69) is 11.6 Å². The predicted octanol–water partition coefficient (Wildman–Crippen LogP) is 1.53. The first kappa shape index (κ1) is 9.43. The van der Waals surface area contributed by atoms with Crippen LogP contribution in [0.25, 0.3) is 0 Å². The van der Waals surface area contributed by atoms with Crippen LogP contribution in [0.15, 0.2) is 31.1 Å². The molecular formula is C10H11N3. The molecule has 3 heteroatoms. The quantitative estimate of drug-likeness (QED) is 0.705. The van der Waals surface area contributed by atoms with Crippen LogP contribution in [-0.2, 0) is 0 Å². The monoisotopic (exact) mass is 173 g/mol. The van der Waals surface area contributed by atoms with E-state index < -0.39 is 0 Å². The van der Waals surface area contributed by atoms with Crippen molar-refractivity contribution in [2.75, 3.05) is 0 Å². The molecule has 0 aliphatic rings. The number of nitrogens with two attached hydrogens (primary N) is 1. The van der Waals surface area contributed by atoms with Gasteiger partial charge in [0.2, 0.25) is 0 Å². The summed E-state index contributed by atoms with van der Waals surface area (Å²) in [6.45, 7) is 3.60. The minimum Gasteiger partial charge on any atom is -0.324 e. The fourth-order valence-corrected chi connectivity index (χ4v) is 1.04. The van der Waals surface area contributed by atoms with E-state index in [0.717, 1.165) is 5.56 Å². The zero-order valence-electron chi connectivity index (χ0n) is 7.27. The Kier molecular flexibility index (Phi) is 3.18. The Hall–Kier alpha value is -1.66. The summed E-state index contributed by atoms with van der Waals surface area (Å²) in [5.41, 5.74) is 7.22. The van der Waals surface area contributed by atoms with Crippen molar-refractivity contribution >= 4 is 0 Å². The van der Waals surface area contributed by atoms with Crippen LogP contribution in [0.1, 0.15) is 23.6 Å². The lowest BCUT2D eigenvalue weighted by Gasteiger charge is -2.08. The number of pyridine rings is 1. The third-order valence-electron chi connectivity index (χ3n) is 1.74. The first-order valence-corrected chi connectivity index (χ1v) is 3.99. The second-order valence-corrected chi connectivity index (χ2v) is 2.75. The molecule has 3 nitrogen and oxygen atoms in total. The normalized spacial score (nSPS) is 11.7. The standard InChI is InChI=1S/C10H11N3/c1-2-3-10(12)9-4-8(5-11)6-13-7-9/h2,4,6-7,10H,1,3,12H2/t10-/m0/s1. The molecular weight excluding hydrogens is 162 g/mol. The fourth-order valence-electron chi connectivity index (χ4n) is 1.04. The molecule has 0 radical (unpaired) electrons. The lowest BCUT2D eigenvalue weighted by molar-refractivity contribution is 0.737. The average Bonchev–Trinajstić information content (AvgIpc) is 2.18. The van der Waals surface area contributed by atoms with Crippen LogP contribution >= 0.6 is 0 Å². The molecule has 0 spiro atoms. The van der Waals surface area contributed by atoms with Crippen molar-refractivity contribution in [1.29, 1.82) is 5.26 Å². The molecule has 0 saturated heterocycles. The van der Waals surface area contributed by atoms with Gasteiger partial charge in [0.1, 0.15) is 6.07 Å². The van der Waals surface area contributed by atoms with Crippen LogP contribution in [0, 0.1) is 11.3 Å². The van der Waals surface area contributed by atoms with Gasteiger partial charge in [-0.1, -0.05) is 6.08 Å². The topological polar surface area (TPSA) is 62.7 Å². The molecule has 0 amide bonds. The number of hydrogen-bond donors (Lipinski definition) is 1. The van der Waals surface area contributed by atoms with E-state index in [4.69, 9.17) is 11.0 Å². The second-order valence-electron chi connectivity index (χ2n) is 2.75. The van der Waals surface area contributed by atoms with Crippen LogP contribution in [0.3, 0.4) is 0 Å². The number of aromatic nitrogens is 1. The van der Waals surface area contributed by atoms with Crippen molar-refractivity contribution < 1.29 is 0 Å². The van der Waals surface area contributed by atoms with Gasteiger partial charge >= 0.3 is 0 Å². The first-order chi connectivity index (χ1) is 6.27. The molecule has 0 saturated carbocycles. The molecule has 13 heavy (non-hydrogen) atoms. The summed E-state index contributed by atoms with van der Waals surface area (Å²) in [5.74, 6) is 0. The van der Waals surface area contributed by atoms with Gasteiger partial charge < -0.3 is 5.73 Å². The Labute approximate surface area is 77.5 Å². The van der Waals surface area contributed by atoms with Gasteiger partial charge in [0.25, 0.3) is 0 Å². The van der Waals surface area contributed by atoms with Crippen LogP contribution in [-0.4, -0.2) is 4.98 Å². The van der Waals surface area contributed by atoms with E-state index in [9.17, 15) is 0 Å². The minimum absolute atomic E-state index is 0.113. The minimum atomic E-state index is -0.113. The smallest absolute Gasteiger partial charge is 0.101 e. The fraction of sp³-hybridized carbons (Fsp3) is 0.200. The maximum atomic E-state index is 8.62. The van der Waals surface area contributed by atoms with E-state index in [-0.39, 0.29) is 6.04 Å². The number of nitriles is 1. The van der Waals surface area contributed by atoms with Crippen LogP contribution in [0.2, 0.25) is 0 Å². The van der Waals surface area contributed by atoms with Crippen molar-refractivity contribution in [3.8, 4) is 6.07 Å². The van der Waals surface area contributed by atoms with Crippen LogP contribution in [0.5, 0.6) is 0 Å². The number of hydrogen-bond acceptors (Lipinski definition) is 3. The summed E-state index contributed by atoms with van der Waals surface area (Å²) in [6, 6.07) is 3.66. The van der Waals surface area contributed by atoms with Gasteiger partial charge in [-0.3, -0.25) is 4.98 Å². The largest absolute Gasteiger partial charge is 0.324 e. The Morgan fingerprint density at radius 1 is 1.69 bits per heavy atom. The number of rotatable bonds is 3. The zero-order chi connectivity index (χ0) is 9.68. The van der Waals surface area contributed by atoms with Crippen molar-refractivity contribution in [2.45, 2.75) is 12.5 Å². The molecule has 0 bridgehead atoms. The molecule has 0 fully saturated rings. The Morgan fingerprint density at radius 3 is 3.08 bits per heavy atom. The van der Waals surface area contributed by atoms with Crippen molar-refractivity contribution in [3.63, 3.8) is 0 Å². The molecule has 0 aliphatic heterocycles. The summed E-state index contributed by atoms with van der Waals surface area (Å²) in [4.78, 5) is 3.92. The molecule has 1 heterocycles. The van der Waals surface area contributed by atoms with E-state index in [1.54, 1.807) is 18.3 Å². The SMILES string of the molecule is C=CC[C@H](N)c1cncc(C#N)c1. The molecule has 1 atom stereocenters. The first-order valence-electron chi connectivity index (χ1n) is 3.99. The van der Waals surface area contributed by atoms with Gasteiger partial charge in [-0.2, -0.15) is 5.26 Å².